The second kappa shape index (κ2) is 4.94. The van der Waals surface area contributed by atoms with E-state index in [9.17, 15) is 4.79 Å². The van der Waals surface area contributed by atoms with Gasteiger partial charge in [-0.3, -0.25) is 4.79 Å². The Morgan fingerprint density at radius 1 is 1.57 bits per heavy atom. The lowest BCUT2D eigenvalue weighted by molar-refractivity contribution is -0.114. The van der Waals surface area contributed by atoms with Gasteiger partial charge in [0.05, 0.1) is 0 Å². The van der Waals surface area contributed by atoms with Gasteiger partial charge in [-0.15, -0.1) is 0 Å². The molecule has 0 radical (unpaired) electrons. The molecule has 0 aromatic heterocycles. The van der Waals surface area contributed by atoms with E-state index in [1.165, 1.54) is 11.1 Å². The summed E-state index contributed by atoms with van der Waals surface area (Å²) in [7, 11) is 0. The number of rotatable bonds is 3. The number of carbonyl (C=O) groups is 1. The van der Waals surface area contributed by atoms with Crippen molar-refractivity contribution in [3.8, 4) is 0 Å². The first-order chi connectivity index (χ1) is 6.50. The predicted molar refractivity (Wildman–Crippen MR) is 62.6 cm³/mol. The molecule has 1 rings (SSSR count). The van der Waals surface area contributed by atoms with Crippen molar-refractivity contribution in [2.45, 2.75) is 20.3 Å². The minimum atomic E-state index is -0.274. The van der Waals surface area contributed by atoms with Crippen LogP contribution in [0.3, 0.4) is 0 Å². The highest BCUT2D eigenvalue weighted by Gasteiger charge is 2.12. The molecule has 1 nitrogen and oxygen atoms in total. The fourth-order valence-corrected chi connectivity index (χ4v) is 1.76. The van der Waals surface area contributed by atoms with Crippen LogP contribution >= 0.6 is 27.5 Å². The van der Waals surface area contributed by atoms with E-state index >= 15 is 0 Å². The lowest BCUT2D eigenvalue weighted by Gasteiger charge is -2.09. The van der Waals surface area contributed by atoms with E-state index in [0.717, 1.165) is 4.47 Å². The van der Waals surface area contributed by atoms with E-state index in [1.54, 1.807) is 0 Å². The van der Waals surface area contributed by atoms with Crippen molar-refractivity contribution in [3.63, 3.8) is 0 Å². The molecule has 0 amide bonds. The van der Waals surface area contributed by atoms with Crippen molar-refractivity contribution >= 4 is 32.8 Å². The third kappa shape index (κ3) is 3.10. The maximum Gasteiger partial charge on any atom is 0.224 e. The lowest BCUT2D eigenvalue weighted by Crippen LogP contribution is -2.08. The van der Waals surface area contributed by atoms with Crippen molar-refractivity contribution in [1.82, 2.24) is 0 Å². The van der Waals surface area contributed by atoms with E-state index in [0.29, 0.717) is 6.42 Å². The van der Waals surface area contributed by atoms with Crippen LogP contribution in [0, 0.1) is 12.8 Å². The molecule has 1 aromatic rings. The number of hydrogen-bond donors (Lipinski definition) is 0. The molecule has 0 aliphatic heterocycles. The van der Waals surface area contributed by atoms with Crippen molar-refractivity contribution in [3.05, 3.63) is 33.8 Å². The average Bonchev–Trinajstić information content (AvgIpc) is 2.11. The largest absolute Gasteiger partial charge is 0.281 e. The highest BCUT2D eigenvalue weighted by molar-refractivity contribution is 9.10. The molecule has 1 aromatic carbocycles. The van der Waals surface area contributed by atoms with Gasteiger partial charge in [0.25, 0.3) is 0 Å². The van der Waals surface area contributed by atoms with Crippen LogP contribution in [-0.4, -0.2) is 5.24 Å². The summed E-state index contributed by atoms with van der Waals surface area (Å²) in [5, 5.41) is -0.274. The van der Waals surface area contributed by atoms with Gasteiger partial charge in [-0.05, 0) is 48.2 Å². The van der Waals surface area contributed by atoms with Gasteiger partial charge in [0.15, 0.2) is 0 Å². The Balaban J connectivity index is 2.85. The molecular weight excluding hydrogens is 263 g/mol. The monoisotopic (exact) mass is 274 g/mol. The first-order valence-corrected chi connectivity index (χ1v) is 5.62. The van der Waals surface area contributed by atoms with Crippen LogP contribution in [0.5, 0.6) is 0 Å². The Morgan fingerprint density at radius 3 is 2.79 bits per heavy atom. The van der Waals surface area contributed by atoms with Crippen molar-refractivity contribution in [2.24, 2.45) is 5.92 Å². The number of hydrogen-bond acceptors (Lipinski definition) is 1. The summed E-state index contributed by atoms with van der Waals surface area (Å²) in [6, 6.07) is 6.06. The number of aryl methyl sites for hydroxylation is 1. The molecule has 76 valence electrons. The minimum Gasteiger partial charge on any atom is -0.281 e. The van der Waals surface area contributed by atoms with Crippen LogP contribution in [-0.2, 0) is 11.2 Å². The second-order valence-electron chi connectivity index (χ2n) is 3.48. The number of benzene rings is 1. The Kier molecular flexibility index (Phi) is 4.14. The highest BCUT2D eigenvalue weighted by atomic mass is 79.9. The zero-order valence-corrected chi connectivity index (χ0v) is 10.5. The summed E-state index contributed by atoms with van der Waals surface area (Å²) in [4.78, 5) is 10.9. The second-order valence-corrected chi connectivity index (χ2v) is 4.77. The lowest BCUT2D eigenvalue weighted by atomic mass is 9.98. The Bertz CT molecular complexity index is 349. The van der Waals surface area contributed by atoms with Gasteiger partial charge in [0.1, 0.15) is 0 Å². The molecule has 0 aliphatic rings. The molecule has 0 fully saturated rings. The topological polar surface area (TPSA) is 17.1 Å². The molecule has 0 spiro atoms. The van der Waals surface area contributed by atoms with Gasteiger partial charge in [0, 0.05) is 10.4 Å². The van der Waals surface area contributed by atoms with E-state index < -0.39 is 0 Å². The normalized spacial score (nSPS) is 12.6. The molecule has 0 bridgehead atoms. The van der Waals surface area contributed by atoms with Gasteiger partial charge in [0.2, 0.25) is 5.24 Å². The molecule has 0 saturated carbocycles. The summed E-state index contributed by atoms with van der Waals surface area (Å²) in [6.07, 6.45) is 0.702. The van der Waals surface area contributed by atoms with E-state index in [1.807, 2.05) is 32.0 Å². The molecule has 0 saturated heterocycles. The summed E-state index contributed by atoms with van der Waals surface area (Å²) in [5.74, 6) is -0.121. The third-order valence-electron chi connectivity index (χ3n) is 2.22. The fraction of sp³-hybridized carbons (Fsp3) is 0.364. The van der Waals surface area contributed by atoms with Crippen LogP contribution in [0.25, 0.3) is 0 Å². The van der Waals surface area contributed by atoms with E-state index in [4.69, 9.17) is 11.6 Å². The van der Waals surface area contributed by atoms with Crippen LogP contribution in [0.2, 0.25) is 0 Å². The van der Waals surface area contributed by atoms with Crippen molar-refractivity contribution in [2.75, 3.05) is 0 Å². The molecule has 0 aliphatic carbocycles. The van der Waals surface area contributed by atoms with Crippen LogP contribution in [0.4, 0.5) is 0 Å². The van der Waals surface area contributed by atoms with Crippen molar-refractivity contribution < 1.29 is 4.79 Å². The maximum absolute atomic E-state index is 10.9. The summed E-state index contributed by atoms with van der Waals surface area (Å²) >= 11 is 8.82. The highest BCUT2D eigenvalue weighted by Crippen LogP contribution is 2.19. The zero-order chi connectivity index (χ0) is 10.7. The third-order valence-corrected chi connectivity index (χ3v) is 3.09. The van der Waals surface area contributed by atoms with Gasteiger partial charge >= 0.3 is 0 Å². The minimum absolute atomic E-state index is 0.121. The zero-order valence-electron chi connectivity index (χ0n) is 8.18. The molecule has 3 heteroatoms. The quantitative estimate of drug-likeness (QED) is 0.769. The summed E-state index contributed by atoms with van der Waals surface area (Å²) in [5.41, 5.74) is 2.36. The number of carbonyl (C=O) groups excluding carboxylic acids is 1. The van der Waals surface area contributed by atoms with Crippen LogP contribution in [0.15, 0.2) is 22.7 Å². The van der Waals surface area contributed by atoms with Gasteiger partial charge in [-0.25, -0.2) is 0 Å². The maximum atomic E-state index is 10.9. The van der Waals surface area contributed by atoms with E-state index in [-0.39, 0.29) is 11.2 Å². The molecule has 0 N–H and O–H groups in total. The number of halogens is 2. The Hall–Kier alpha value is -0.340. The van der Waals surface area contributed by atoms with Crippen LogP contribution < -0.4 is 0 Å². The smallest absolute Gasteiger partial charge is 0.224 e. The van der Waals surface area contributed by atoms with Gasteiger partial charge in [-0.1, -0.05) is 28.9 Å². The Labute approximate surface area is 97.6 Å². The SMILES string of the molecule is Cc1ccc(Br)cc1C[C@H](C)C(=O)Cl. The standard InChI is InChI=1S/C11H12BrClO/c1-7-3-4-10(12)6-9(7)5-8(2)11(13)14/h3-4,6,8H,5H2,1-2H3/t8-/m0/s1. The first-order valence-electron chi connectivity index (χ1n) is 4.45. The fourth-order valence-electron chi connectivity index (χ4n) is 1.27. The molecule has 0 heterocycles. The summed E-state index contributed by atoms with van der Waals surface area (Å²) < 4.78 is 1.03. The van der Waals surface area contributed by atoms with Gasteiger partial charge < -0.3 is 0 Å². The summed E-state index contributed by atoms with van der Waals surface area (Å²) in [6.45, 7) is 3.88. The van der Waals surface area contributed by atoms with Gasteiger partial charge in [-0.2, -0.15) is 0 Å². The van der Waals surface area contributed by atoms with Crippen molar-refractivity contribution in [1.29, 1.82) is 0 Å². The van der Waals surface area contributed by atoms with E-state index in [2.05, 4.69) is 15.9 Å². The Morgan fingerprint density at radius 2 is 2.21 bits per heavy atom. The first kappa shape index (κ1) is 11.7. The molecular formula is C11H12BrClO. The molecule has 14 heavy (non-hydrogen) atoms. The van der Waals surface area contributed by atoms with Crippen LogP contribution in [0.1, 0.15) is 18.1 Å². The molecule has 1 atom stereocenters. The molecule has 0 unspecified atom stereocenters. The average molecular weight is 276 g/mol. The predicted octanol–water partition coefficient (Wildman–Crippen LogP) is 3.70.